The van der Waals surface area contributed by atoms with Gasteiger partial charge in [0.15, 0.2) is 0 Å². The van der Waals surface area contributed by atoms with E-state index in [0.717, 1.165) is 0 Å². The molecule has 0 saturated heterocycles. The molecule has 0 aromatic heterocycles. The molecule has 0 unspecified atom stereocenters. The maximum absolute atomic E-state index is 7.50. The van der Waals surface area contributed by atoms with E-state index in [-0.39, 0.29) is 40.5 Å². The topological polar surface area (TPSA) is 99.5 Å². The molecule has 0 aliphatic heterocycles. The van der Waals surface area contributed by atoms with Crippen LogP contribution in [0.25, 0.3) is 0 Å². The molecule has 2 rings (SSSR count). The Bertz CT molecular complexity index is 225. The van der Waals surface area contributed by atoms with Crippen LogP contribution in [0.2, 0.25) is 0 Å². The third-order valence-electron chi connectivity index (χ3n) is 1.66. The summed E-state index contributed by atoms with van der Waals surface area (Å²) in [5.74, 6) is 2.62. The molecule has 22 heavy (non-hydrogen) atoms. The van der Waals surface area contributed by atoms with E-state index in [4.69, 9.17) is 23.3 Å². The average Bonchev–Trinajstić information content (AvgIpc) is 3.30. The Morgan fingerprint density at radius 1 is 0.455 bits per heavy atom. The molecule has 0 N–H and O–H groups in total. The van der Waals surface area contributed by atoms with Crippen molar-refractivity contribution in [3.8, 4) is 0 Å². The molecule has 5 nitrogen and oxygen atoms in total. The monoisotopic (exact) mass is 554 g/mol. The molecule has 2 saturated carbocycles. The van der Waals surface area contributed by atoms with Crippen molar-refractivity contribution < 1.29 is 63.8 Å². The summed E-state index contributed by atoms with van der Waals surface area (Å²) in [6, 6.07) is 0. The molecule has 0 amide bonds. The van der Waals surface area contributed by atoms with Crippen molar-refractivity contribution >= 4 is 0 Å². The predicted octanol–water partition coefficient (Wildman–Crippen LogP) is 1.60. The molecule has 0 bridgehead atoms. The van der Waals surface area contributed by atoms with Gasteiger partial charge < -0.3 is 0 Å². The Morgan fingerprint density at radius 3 is 0.727 bits per heavy atom. The van der Waals surface area contributed by atoms with Gasteiger partial charge in [-0.2, -0.15) is 0 Å². The summed E-state index contributed by atoms with van der Waals surface area (Å²) in [4.78, 5) is 0. The minimum atomic E-state index is 0. The molecule has 0 heterocycles. The molecule has 112 valence electrons. The van der Waals surface area contributed by atoms with Gasteiger partial charge in [0.2, 0.25) is 0 Å². The molecule has 2 aliphatic rings. The van der Waals surface area contributed by atoms with Gasteiger partial charge in [-0.3, -0.25) is 0 Å². The summed E-state index contributed by atoms with van der Waals surface area (Å²) in [5, 5.41) is 0. The summed E-state index contributed by atoms with van der Waals surface area (Å²) in [6.45, 7) is 22.5. The summed E-state index contributed by atoms with van der Waals surface area (Å²) >= 11 is 0. The van der Waals surface area contributed by atoms with E-state index in [9.17, 15) is 0 Å². The Balaban J connectivity index is -0.0000000467. The standard InChI is InChI=1S/C10H8.5CO.Ru.W/c1-2-6-9(5-1)10-7-3-4-8-10;5*1-2;;/h1-8H;;;;;;;. The number of rotatable bonds is 1. The molecule has 0 aromatic carbocycles. The second-order valence-corrected chi connectivity index (χ2v) is 2.35. The van der Waals surface area contributed by atoms with Gasteiger partial charge >= 0.3 is 56.5 Å². The van der Waals surface area contributed by atoms with E-state index in [1.165, 1.54) is 11.8 Å². The first-order valence-electron chi connectivity index (χ1n) is 4.43. The van der Waals surface area contributed by atoms with Crippen LogP contribution in [0.1, 0.15) is 0 Å². The van der Waals surface area contributed by atoms with E-state index in [1.54, 1.807) is 0 Å². The van der Waals surface area contributed by atoms with Gasteiger partial charge in [0.05, 0.1) is 0 Å². The van der Waals surface area contributed by atoms with Crippen LogP contribution in [-0.4, -0.2) is 0 Å². The van der Waals surface area contributed by atoms with Gasteiger partial charge in [-0.1, -0.05) is 0 Å². The van der Waals surface area contributed by atoms with E-state index in [2.05, 4.69) is 84.6 Å². The average molecular weight is 553 g/mol. The summed E-state index contributed by atoms with van der Waals surface area (Å²) in [7, 11) is 0. The molecular weight excluding hydrogens is 545 g/mol. The Morgan fingerprint density at radius 2 is 0.591 bits per heavy atom. The van der Waals surface area contributed by atoms with E-state index in [1.807, 2.05) is 0 Å². The zero-order valence-corrected chi connectivity index (χ0v) is 15.6. The van der Waals surface area contributed by atoms with Crippen LogP contribution < -0.4 is 0 Å². The Kier molecular flexibility index (Phi) is 73.8. The quantitative estimate of drug-likeness (QED) is 0.268. The van der Waals surface area contributed by atoms with Gasteiger partial charge in [0.1, 0.15) is 0 Å². The molecule has 10 radical (unpaired) electrons. The molecule has 2 fully saturated rings. The Hall–Kier alpha value is 0.0117. The van der Waals surface area contributed by atoms with Crippen LogP contribution in [0.15, 0.2) is 0 Å². The van der Waals surface area contributed by atoms with Gasteiger partial charge in [0, 0.05) is 40.5 Å². The first kappa shape index (κ1) is 37.9. The van der Waals surface area contributed by atoms with Crippen molar-refractivity contribution in [2.45, 2.75) is 0 Å². The van der Waals surface area contributed by atoms with Crippen LogP contribution in [0.3, 0.4) is 0 Å². The van der Waals surface area contributed by atoms with Crippen LogP contribution in [0.5, 0.6) is 0 Å². The van der Waals surface area contributed by atoms with Crippen LogP contribution in [0, 0.1) is 96.5 Å². The molecule has 2 aliphatic carbocycles. The summed E-state index contributed by atoms with van der Waals surface area (Å²) in [6.07, 6.45) is 16.7. The minimum Gasteiger partial charge on any atom is -0.0309 e. The second-order valence-electron chi connectivity index (χ2n) is 2.35. The maximum Gasteiger partial charge on any atom is 0 e. The molecule has 0 atom stereocenters. The molecule has 0 aromatic rings. The zero-order chi connectivity index (χ0) is 16.8. The third kappa shape index (κ3) is 22.3. The second kappa shape index (κ2) is 42.9. The van der Waals surface area contributed by atoms with Crippen LogP contribution in [-0.2, 0) is 63.8 Å². The third-order valence-corrected chi connectivity index (χ3v) is 1.66. The van der Waals surface area contributed by atoms with Gasteiger partial charge in [0.25, 0.3) is 0 Å². The SMILES string of the molecule is [C-]#[O+].[C-]#[O+].[C-]#[O+].[C-]#[O+].[C-]#[O+].[CH]1[CH][CH][C]([C]2[CH][CH][CH][CH]2)[CH]1.[Ru].[W]. The van der Waals surface area contributed by atoms with Crippen LogP contribution >= 0.6 is 0 Å². The predicted molar refractivity (Wildman–Crippen MR) is 60.5 cm³/mol. The fourth-order valence-electron chi connectivity index (χ4n) is 1.13. The fourth-order valence-corrected chi connectivity index (χ4v) is 1.13. The molecular formula is C15H8O5RuW. The van der Waals surface area contributed by atoms with Crippen LogP contribution in [0.4, 0.5) is 0 Å². The van der Waals surface area contributed by atoms with Crippen molar-refractivity contribution in [3.05, 3.63) is 96.5 Å². The number of hydrogen-bond acceptors (Lipinski definition) is 0. The van der Waals surface area contributed by atoms with E-state index >= 15 is 0 Å². The van der Waals surface area contributed by atoms with Crippen molar-refractivity contribution in [1.82, 2.24) is 0 Å². The zero-order valence-electron chi connectivity index (χ0n) is 10.9. The van der Waals surface area contributed by atoms with Crippen molar-refractivity contribution in [2.75, 3.05) is 0 Å². The fraction of sp³-hybridized carbons (Fsp3) is 0. The summed E-state index contributed by atoms with van der Waals surface area (Å²) in [5.41, 5.74) is 0. The van der Waals surface area contributed by atoms with Crippen molar-refractivity contribution in [1.29, 1.82) is 0 Å². The Labute approximate surface area is 160 Å². The van der Waals surface area contributed by atoms with Crippen molar-refractivity contribution in [3.63, 3.8) is 0 Å². The van der Waals surface area contributed by atoms with E-state index in [0.29, 0.717) is 0 Å². The first-order valence-corrected chi connectivity index (χ1v) is 4.43. The van der Waals surface area contributed by atoms with Gasteiger partial charge in [-0.25, -0.2) is 0 Å². The van der Waals surface area contributed by atoms with E-state index < -0.39 is 0 Å². The van der Waals surface area contributed by atoms with Gasteiger partial charge in [-0.15, -0.1) is 0 Å². The normalized spacial score (nSPS) is 14.1. The summed E-state index contributed by atoms with van der Waals surface area (Å²) < 4.78 is 37.5. The molecule has 0 spiro atoms. The number of hydrogen-bond donors (Lipinski definition) is 0. The smallest absolute Gasteiger partial charge is 0 e. The first-order chi connectivity index (χ1) is 9.97. The van der Waals surface area contributed by atoms with Gasteiger partial charge in [-0.05, 0) is 63.2 Å². The maximum atomic E-state index is 7.50. The molecule has 7 heteroatoms. The van der Waals surface area contributed by atoms with Crippen molar-refractivity contribution in [2.24, 2.45) is 0 Å². The largest absolute Gasteiger partial charge is 0.0309 e. The minimum absolute atomic E-state index is 0.